The Hall–Kier alpha value is -1.94. The Morgan fingerprint density at radius 3 is 2.52 bits per heavy atom. The number of aromatic nitrogens is 1. The molecule has 1 aromatic carbocycles. The molecular weight excluding hydrogens is 262 g/mol. The predicted molar refractivity (Wildman–Crippen MR) is 86.0 cm³/mol. The van der Waals surface area contributed by atoms with Crippen molar-refractivity contribution < 1.29 is 4.79 Å². The molecule has 4 heteroatoms. The first-order valence-electron chi connectivity index (χ1n) is 7.42. The van der Waals surface area contributed by atoms with Crippen molar-refractivity contribution in [1.29, 1.82) is 0 Å². The van der Waals surface area contributed by atoms with Crippen LogP contribution in [-0.2, 0) is 0 Å². The van der Waals surface area contributed by atoms with E-state index in [4.69, 9.17) is 4.98 Å². The Morgan fingerprint density at radius 2 is 1.86 bits per heavy atom. The van der Waals surface area contributed by atoms with E-state index in [0.717, 1.165) is 36.1 Å². The van der Waals surface area contributed by atoms with Crippen molar-refractivity contribution in [3.8, 4) is 0 Å². The molecule has 1 saturated heterocycles. The third kappa shape index (κ3) is 2.51. The molecule has 1 aliphatic heterocycles. The van der Waals surface area contributed by atoms with Gasteiger partial charge in [0.15, 0.2) is 6.29 Å². The SMILES string of the molecule is CC1CN(c2nc3ccccc3cc2C=O)CC(C)N1C. The molecule has 1 aliphatic rings. The fourth-order valence-corrected chi connectivity index (χ4v) is 3.04. The maximum atomic E-state index is 11.5. The van der Waals surface area contributed by atoms with Gasteiger partial charge in [0.25, 0.3) is 0 Å². The van der Waals surface area contributed by atoms with E-state index in [2.05, 4.69) is 30.7 Å². The average Bonchev–Trinajstić information content (AvgIpc) is 2.50. The lowest BCUT2D eigenvalue weighted by Crippen LogP contribution is -2.55. The number of benzene rings is 1. The van der Waals surface area contributed by atoms with Crippen molar-refractivity contribution in [2.75, 3.05) is 25.0 Å². The molecule has 0 amide bonds. The Morgan fingerprint density at radius 1 is 1.19 bits per heavy atom. The zero-order valence-corrected chi connectivity index (χ0v) is 12.8. The van der Waals surface area contributed by atoms with Crippen molar-refractivity contribution in [2.45, 2.75) is 25.9 Å². The monoisotopic (exact) mass is 283 g/mol. The number of anilines is 1. The van der Waals surface area contributed by atoms with Gasteiger partial charge in [0.2, 0.25) is 0 Å². The van der Waals surface area contributed by atoms with E-state index in [-0.39, 0.29) is 0 Å². The van der Waals surface area contributed by atoms with Crippen molar-refractivity contribution in [2.24, 2.45) is 0 Å². The van der Waals surface area contributed by atoms with Gasteiger partial charge in [-0.25, -0.2) is 4.98 Å². The molecule has 1 aromatic heterocycles. The summed E-state index contributed by atoms with van der Waals surface area (Å²) in [7, 11) is 2.15. The second-order valence-corrected chi connectivity index (χ2v) is 5.98. The number of hydrogen-bond acceptors (Lipinski definition) is 4. The number of pyridine rings is 1. The number of carbonyl (C=O) groups excluding carboxylic acids is 1. The lowest BCUT2D eigenvalue weighted by Gasteiger charge is -2.43. The second-order valence-electron chi connectivity index (χ2n) is 5.98. The zero-order valence-electron chi connectivity index (χ0n) is 12.8. The van der Waals surface area contributed by atoms with Crippen LogP contribution in [0.25, 0.3) is 10.9 Å². The summed E-state index contributed by atoms with van der Waals surface area (Å²) in [6.07, 6.45) is 0.919. The molecule has 4 nitrogen and oxygen atoms in total. The van der Waals surface area contributed by atoms with Crippen LogP contribution in [0.5, 0.6) is 0 Å². The Bertz CT molecular complexity index is 658. The molecule has 0 bridgehead atoms. The second kappa shape index (κ2) is 5.45. The first-order chi connectivity index (χ1) is 10.1. The van der Waals surface area contributed by atoms with Gasteiger partial charge in [0, 0.05) is 30.6 Å². The van der Waals surface area contributed by atoms with Crippen LogP contribution in [-0.4, -0.2) is 48.4 Å². The van der Waals surface area contributed by atoms with E-state index in [1.807, 2.05) is 30.3 Å². The summed E-state index contributed by atoms with van der Waals surface area (Å²) in [4.78, 5) is 20.8. The third-order valence-corrected chi connectivity index (χ3v) is 4.52. The maximum Gasteiger partial charge on any atom is 0.153 e. The number of aldehydes is 1. The number of hydrogen-bond donors (Lipinski definition) is 0. The molecule has 1 fully saturated rings. The summed E-state index contributed by atoms with van der Waals surface area (Å²) in [5, 5.41) is 1.01. The zero-order chi connectivity index (χ0) is 15.0. The number of carbonyl (C=O) groups is 1. The minimum Gasteiger partial charge on any atom is -0.353 e. The molecule has 0 aliphatic carbocycles. The van der Waals surface area contributed by atoms with Gasteiger partial charge < -0.3 is 4.90 Å². The number of para-hydroxylation sites is 1. The summed E-state index contributed by atoms with van der Waals surface area (Å²) >= 11 is 0. The number of fused-ring (bicyclic) bond motifs is 1. The third-order valence-electron chi connectivity index (χ3n) is 4.52. The topological polar surface area (TPSA) is 36.4 Å². The van der Waals surface area contributed by atoms with Crippen LogP contribution < -0.4 is 4.90 Å². The molecule has 0 radical (unpaired) electrons. The lowest BCUT2D eigenvalue weighted by atomic mass is 10.1. The summed E-state index contributed by atoms with van der Waals surface area (Å²) in [6.45, 7) is 6.22. The van der Waals surface area contributed by atoms with Crippen LogP contribution in [0.15, 0.2) is 30.3 Å². The van der Waals surface area contributed by atoms with E-state index >= 15 is 0 Å². The van der Waals surface area contributed by atoms with Gasteiger partial charge in [-0.1, -0.05) is 18.2 Å². The molecular formula is C17H21N3O. The van der Waals surface area contributed by atoms with Crippen LogP contribution in [0.2, 0.25) is 0 Å². The van der Waals surface area contributed by atoms with E-state index < -0.39 is 0 Å². The molecule has 3 rings (SSSR count). The molecule has 0 saturated carbocycles. The quantitative estimate of drug-likeness (QED) is 0.794. The van der Waals surface area contributed by atoms with E-state index in [9.17, 15) is 4.79 Å². The standard InChI is InChI=1S/C17H21N3O/c1-12-9-20(10-13(2)19(12)3)17-15(11-21)8-14-6-4-5-7-16(14)18-17/h4-8,11-13H,9-10H2,1-3H3. The van der Waals surface area contributed by atoms with Gasteiger partial charge >= 0.3 is 0 Å². The molecule has 2 atom stereocenters. The Kier molecular flexibility index (Phi) is 3.64. The molecule has 0 N–H and O–H groups in total. The molecule has 2 heterocycles. The minimum absolute atomic E-state index is 0.446. The van der Waals surface area contributed by atoms with Crippen LogP contribution in [0.1, 0.15) is 24.2 Å². The first kappa shape index (κ1) is 14.0. The summed E-state index contributed by atoms with van der Waals surface area (Å²) in [5.41, 5.74) is 1.62. The van der Waals surface area contributed by atoms with E-state index in [0.29, 0.717) is 17.6 Å². The highest BCUT2D eigenvalue weighted by Gasteiger charge is 2.28. The van der Waals surface area contributed by atoms with Crippen molar-refractivity contribution >= 4 is 23.0 Å². The molecule has 0 spiro atoms. The van der Waals surface area contributed by atoms with Gasteiger partial charge in [-0.15, -0.1) is 0 Å². The van der Waals surface area contributed by atoms with Crippen LogP contribution in [0, 0.1) is 0 Å². The van der Waals surface area contributed by atoms with Crippen molar-refractivity contribution in [3.05, 3.63) is 35.9 Å². The maximum absolute atomic E-state index is 11.5. The molecule has 2 unspecified atom stereocenters. The Balaban J connectivity index is 2.04. The normalized spacial score (nSPS) is 23.5. The Labute approximate surface area is 125 Å². The van der Waals surface area contributed by atoms with Gasteiger partial charge in [-0.2, -0.15) is 0 Å². The molecule has 110 valence electrons. The fraction of sp³-hybridized carbons (Fsp3) is 0.412. The van der Waals surface area contributed by atoms with Crippen LogP contribution in [0.3, 0.4) is 0 Å². The molecule has 2 aromatic rings. The average molecular weight is 283 g/mol. The van der Waals surface area contributed by atoms with Crippen molar-refractivity contribution in [1.82, 2.24) is 9.88 Å². The van der Waals surface area contributed by atoms with Gasteiger partial charge in [0.1, 0.15) is 5.82 Å². The lowest BCUT2D eigenvalue weighted by molar-refractivity contribution is 0.112. The molecule has 21 heavy (non-hydrogen) atoms. The number of nitrogens with zero attached hydrogens (tertiary/aromatic N) is 3. The van der Waals surface area contributed by atoms with Gasteiger partial charge in [-0.3, -0.25) is 9.69 Å². The number of piperazine rings is 1. The van der Waals surface area contributed by atoms with Crippen molar-refractivity contribution in [3.63, 3.8) is 0 Å². The summed E-state index contributed by atoms with van der Waals surface area (Å²) in [5.74, 6) is 0.815. The highest BCUT2D eigenvalue weighted by molar-refractivity contribution is 5.91. The minimum atomic E-state index is 0.446. The fourth-order valence-electron chi connectivity index (χ4n) is 3.04. The summed E-state index contributed by atoms with van der Waals surface area (Å²) in [6, 6.07) is 10.8. The van der Waals surface area contributed by atoms with Crippen LogP contribution in [0.4, 0.5) is 5.82 Å². The van der Waals surface area contributed by atoms with E-state index in [1.165, 1.54) is 0 Å². The van der Waals surface area contributed by atoms with Gasteiger partial charge in [0.05, 0.1) is 11.1 Å². The number of rotatable bonds is 2. The van der Waals surface area contributed by atoms with Crippen LogP contribution >= 0.6 is 0 Å². The largest absolute Gasteiger partial charge is 0.353 e. The van der Waals surface area contributed by atoms with Gasteiger partial charge in [-0.05, 0) is 33.0 Å². The predicted octanol–water partition coefficient (Wildman–Crippen LogP) is 2.58. The smallest absolute Gasteiger partial charge is 0.153 e. The highest BCUT2D eigenvalue weighted by Crippen LogP contribution is 2.25. The number of likely N-dealkylation sites (N-methyl/N-ethyl adjacent to an activating group) is 1. The van der Waals surface area contributed by atoms with E-state index in [1.54, 1.807) is 0 Å². The highest BCUT2D eigenvalue weighted by atomic mass is 16.1. The first-order valence-corrected chi connectivity index (χ1v) is 7.42. The summed E-state index contributed by atoms with van der Waals surface area (Å²) < 4.78 is 0.